The van der Waals surface area contributed by atoms with Crippen molar-refractivity contribution >= 4 is 5.91 Å². The van der Waals surface area contributed by atoms with Gasteiger partial charge in [-0.2, -0.15) is 0 Å². The first-order chi connectivity index (χ1) is 10.0. The van der Waals surface area contributed by atoms with Crippen LogP contribution in [0.4, 0.5) is 0 Å². The SMILES string of the molecule is CO[C@@H]1CC[C@H]2N(C(=O)c3cccc(C)c3)CC[C@@]2(C)C1. The Kier molecular flexibility index (Phi) is 3.78. The molecule has 2 aliphatic rings. The van der Waals surface area contributed by atoms with E-state index in [0.717, 1.165) is 43.4 Å². The van der Waals surface area contributed by atoms with Gasteiger partial charge in [0.05, 0.1) is 6.10 Å². The molecule has 1 saturated carbocycles. The van der Waals surface area contributed by atoms with Crippen molar-refractivity contribution in [3.8, 4) is 0 Å². The lowest BCUT2D eigenvalue weighted by Gasteiger charge is -2.42. The zero-order valence-corrected chi connectivity index (χ0v) is 13.3. The Hall–Kier alpha value is -1.35. The zero-order chi connectivity index (χ0) is 15.0. The van der Waals surface area contributed by atoms with E-state index in [0.29, 0.717) is 12.1 Å². The summed E-state index contributed by atoms with van der Waals surface area (Å²) >= 11 is 0. The minimum absolute atomic E-state index is 0.197. The van der Waals surface area contributed by atoms with Gasteiger partial charge in [-0.3, -0.25) is 4.79 Å². The Balaban J connectivity index is 1.80. The first-order valence-corrected chi connectivity index (χ1v) is 7.94. The van der Waals surface area contributed by atoms with E-state index < -0.39 is 0 Å². The van der Waals surface area contributed by atoms with E-state index in [2.05, 4.69) is 11.8 Å². The zero-order valence-electron chi connectivity index (χ0n) is 13.3. The standard InChI is InChI=1S/C18H25NO2/c1-13-5-4-6-14(11-13)17(20)19-10-9-18(2)12-15(21-3)7-8-16(18)19/h4-6,11,15-16H,7-10,12H2,1-3H3/t15-,16-,18+/m1/s1. The maximum Gasteiger partial charge on any atom is 0.254 e. The van der Waals surface area contributed by atoms with Gasteiger partial charge in [-0.25, -0.2) is 0 Å². The van der Waals surface area contributed by atoms with Crippen LogP contribution < -0.4 is 0 Å². The minimum atomic E-state index is 0.197. The molecule has 1 aromatic carbocycles. The molecule has 114 valence electrons. The van der Waals surface area contributed by atoms with E-state index in [-0.39, 0.29) is 11.3 Å². The number of likely N-dealkylation sites (tertiary alicyclic amines) is 1. The van der Waals surface area contributed by atoms with Crippen molar-refractivity contribution in [3.05, 3.63) is 35.4 Å². The van der Waals surface area contributed by atoms with E-state index in [9.17, 15) is 4.79 Å². The van der Waals surface area contributed by atoms with Gasteiger partial charge in [0.1, 0.15) is 0 Å². The Morgan fingerprint density at radius 2 is 2.19 bits per heavy atom. The summed E-state index contributed by atoms with van der Waals surface area (Å²) in [6.07, 6.45) is 4.65. The summed E-state index contributed by atoms with van der Waals surface area (Å²) in [5.41, 5.74) is 2.19. The molecule has 3 atom stereocenters. The second-order valence-electron chi connectivity index (χ2n) is 6.93. The van der Waals surface area contributed by atoms with Gasteiger partial charge in [0.2, 0.25) is 0 Å². The third-order valence-corrected chi connectivity index (χ3v) is 5.42. The smallest absolute Gasteiger partial charge is 0.254 e. The number of rotatable bonds is 2. The summed E-state index contributed by atoms with van der Waals surface area (Å²) in [7, 11) is 1.80. The van der Waals surface area contributed by atoms with Crippen molar-refractivity contribution < 1.29 is 9.53 Å². The van der Waals surface area contributed by atoms with Crippen LogP contribution in [0.15, 0.2) is 24.3 Å². The summed E-state index contributed by atoms with van der Waals surface area (Å²) in [4.78, 5) is 15.0. The second-order valence-corrected chi connectivity index (χ2v) is 6.93. The second kappa shape index (κ2) is 5.45. The van der Waals surface area contributed by atoms with E-state index in [4.69, 9.17) is 4.74 Å². The molecular formula is C18H25NO2. The Labute approximate surface area is 127 Å². The van der Waals surface area contributed by atoms with E-state index >= 15 is 0 Å². The van der Waals surface area contributed by atoms with Crippen molar-refractivity contribution in [2.45, 2.75) is 51.7 Å². The maximum absolute atomic E-state index is 12.8. The number of hydrogen-bond acceptors (Lipinski definition) is 2. The molecule has 3 rings (SSSR count). The molecule has 1 aliphatic carbocycles. The molecule has 0 spiro atoms. The van der Waals surface area contributed by atoms with E-state index in [1.165, 1.54) is 0 Å². The summed E-state index contributed by atoms with van der Waals surface area (Å²) in [5.74, 6) is 0.197. The lowest BCUT2D eigenvalue weighted by Crippen LogP contribution is -2.46. The third-order valence-electron chi connectivity index (χ3n) is 5.42. The summed E-state index contributed by atoms with van der Waals surface area (Å²) < 4.78 is 5.56. The van der Waals surface area contributed by atoms with Gasteiger partial charge >= 0.3 is 0 Å². The highest BCUT2D eigenvalue weighted by atomic mass is 16.5. The molecule has 3 nitrogen and oxygen atoms in total. The number of benzene rings is 1. The molecule has 3 heteroatoms. The van der Waals surface area contributed by atoms with Crippen molar-refractivity contribution in [1.82, 2.24) is 4.90 Å². The van der Waals surface area contributed by atoms with Crippen LogP contribution in [0.25, 0.3) is 0 Å². The molecule has 0 aromatic heterocycles. The number of hydrogen-bond donors (Lipinski definition) is 0. The molecule has 1 amide bonds. The Bertz CT molecular complexity index is 542. The van der Waals surface area contributed by atoms with Gasteiger partial charge in [0.15, 0.2) is 0 Å². The van der Waals surface area contributed by atoms with Crippen LogP contribution in [-0.4, -0.2) is 36.6 Å². The van der Waals surface area contributed by atoms with Gasteiger partial charge in [-0.05, 0) is 50.2 Å². The lowest BCUT2D eigenvalue weighted by molar-refractivity contribution is -0.00277. The molecule has 0 radical (unpaired) electrons. The monoisotopic (exact) mass is 287 g/mol. The molecular weight excluding hydrogens is 262 g/mol. The number of ether oxygens (including phenoxy) is 1. The van der Waals surface area contributed by atoms with Crippen molar-refractivity contribution in [1.29, 1.82) is 0 Å². The molecule has 1 aromatic rings. The van der Waals surface area contributed by atoms with Crippen LogP contribution in [0.3, 0.4) is 0 Å². The number of methoxy groups -OCH3 is 1. The van der Waals surface area contributed by atoms with Crippen LogP contribution in [-0.2, 0) is 4.74 Å². The quantitative estimate of drug-likeness (QED) is 0.834. The number of aryl methyl sites for hydroxylation is 1. The number of amides is 1. The number of carbonyl (C=O) groups is 1. The predicted molar refractivity (Wildman–Crippen MR) is 83.4 cm³/mol. The Morgan fingerprint density at radius 1 is 1.38 bits per heavy atom. The van der Waals surface area contributed by atoms with Crippen LogP contribution in [0, 0.1) is 12.3 Å². The predicted octanol–water partition coefficient (Wildman–Crippen LogP) is 3.41. The van der Waals surface area contributed by atoms with Crippen LogP contribution in [0.1, 0.15) is 48.5 Å². The molecule has 1 aliphatic heterocycles. The van der Waals surface area contributed by atoms with Crippen LogP contribution in [0.5, 0.6) is 0 Å². The average molecular weight is 287 g/mol. The highest BCUT2D eigenvalue weighted by Gasteiger charge is 2.49. The number of carbonyl (C=O) groups excluding carboxylic acids is 1. The fourth-order valence-corrected chi connectivity index (χ4v) is 4.17. The van der Waals surface area contributed by atoms with E-state index in [1.54, 1.807) is 7.11 Å². The van der Waals surface area contributed by atoms with Crippen molar-refractivity contribution in [2.75, 3.05) is 13.7 Å². The van der Waals surface area contributed by atoms with Gasteiger partial charge < -0.3 is 9.64 Å². The van der Waals surface area contributed by atoms with Gasteiger partial charge in [0, 0.05) is 25.3 Å². The molecule has 1 heterocycles. The average Bonchev–Trinajstić information content (AvgIpc) is 2.82. The molecule has 21 heavy (non-hydrogen) atoms. The molecule has 1 saturated heterocycles. The first kappa shape index (κ1) is 14.6. The summed E-state index contributed by atoms with van der Waals surface area (Å²) in [5, 5.41) is 0. The molecule has 2 fully saturated rings. The topological polar surface area (TPSA) is 29.5 Å². The Morgan fingerprint density at radius 3 is 2.90 bits per heavy atom. The van der Waals surface area contributed by atoms with E-state index in [1.807, 2.05) is 31.2 Å². The molecule has 0 N–H and O–H groups in total. The first-order valence-electron chi connectivity index (χ1n) is 7.94. The number of nitrogens with zero attached hydrogens (tertiary/aromatic N) is 1. The third kappa shape index (κ3) is 2.59. The highest BCUT2D eigenvalue weighted by Crippen LogP contribution is 2.47. The van der Waals surface area contributed by atoms with Crippen molar-refractivity contribution in [2.24, 2.45) is 5.41 Å². The van der Waals surface area contributed by atoms with Crippen LogP contribution in [0.2, 0.25) is 0 Å². The normalized spacial score (nSPS) is 32.0. The fraction of sp³-hybridized carbons (Fsp3) is 0.611. The lowest BCUT2D eigenvalue weighted by atomic mass is 9.71. The molecule has 0 unspecified atom stereocenters. The minimum Gasteiger partial charge on any atom is -0.381 e. The summed E-state index contributed by atoms with van der Waals surface area (Å²) in [6.45, 7) is 5.24. The van der Waals surface area contributed by atoms with Gasteiger partial charge in [-0.15, -0.1) is 0 Å². The largest absolute Gasteiger partial charge is 0.381 e. The van der Waals surface area contributed by atoms with Gasteiger partial charge in [0.25, 0.3) is 5.91 Å². The van der Waals surface area contributed by atoms with Crippen LogP contribution >= 0.6 is 0 Å². The fourth-order valence-electron chi connectivity index (χ4n) is 4.17. The highest BCUT2D eigenvalue weighted by molar-refractivity contribution is 5.94. The van der Waals surface area contributed by atoms with Crippen molar-refractivity contribution in [3.63, 3.8) is 0 Å². The summed E-state index contributed by atoms with van der Waals surface area (Å²) in [6, 6.07) is 8.32. The molecule has 0 bridgehead atoms. The maximum atomic E-state index is 12.8. The van der Waals surface area contributed by atoms with Gasteiger partial charge in [-0.1, -0.05) is 24.6 Å². The number of fused-ring (bicyclic) bond motifs is 1.